The van der Waals surface area contributed by atoms with Crippen LogP contribution in [0, 0.1) is 6.92 Å². The van der Waals surface area contributed by atoms with E-state index in [-0.39, 0.29) is 17.3 Å². The van der Waals surface area contributed by atoms with E-state index in [9.17, 15) is 13.6 Å². The molecule has 1 aromatic heterocycles. The van der Waals surface area contributed by atoms with Gasteiger partial charge in [-0.15, -0.1) is 11.3 Å². The van der Waals surface area contributed by atoms with Crippen LogP contribution in [0.1, 0.15) is 21.8 Å². The van der Waals surface area contributed by atoms with E-state index in [2.05, 4.69) is 14.7 Å². The van der Waals surface area contributed by atoms with Gasteiger partial charge in [-0.25, -0.2) is 14.8 Å². The van der Waals surface area contributed by atoms with E-state index in [0.29, 0.717) is 17.9 Å². The smallest absolute Gasteiger partial charge is 0.387 e. The number of hydrogen-bond acceptors (Lipinski definition) is 7. The summed E-state index contributed by atoms with van der Waals surface area (Å²) in [7, 11) is 0. The molecule has 9 heteroatoms. The van der Waals surface area contributed by atoms with E-state index in [0.717, 1.165) is 16.3 Å². The zero-order valence-electron chi connectivity index (χ0n) is 16.2. The van der Waals surface area contributed by atoms with Gasteiger partial charge in [0.15, 0.2) is 5.70 Å². The average molecular weight is 442 g/mol. The second kappa shape index (κ2) is 9.05. The van der Waals surface area contributed by atoms with E-state index in [1.807, 2.05) is 12.3 Å². The van der Waals surface area contributed by atoms with Gasteiger partial charge in [-0.2, -0.15) is 8.78 Å². The number of ether oxygens (including phenoxy) is 3. The van der Waals surface area contributed by atoms with Gasteiger partial charge in [-0.05, 0) is 55.0 Å². The van der Waals surface area contributed by atoms with Crippen molar-refractivity contribution in [3.8, 4) is 11.5 Å². The highest BCUT2D eigenvalue weighted by molar-refractivity contribution is 7.09. The Kier molecular flexibility index (Phi) is 6.03. The molecule has 0 unspecified atom stereocenters. The monoisotopic (exact) mass is 442 g/mol. The lowest BCUT2D eigenvalue weighted by atomic mass is 10.2. The van der Waals surface area contributed by atoms with Crippen LogP contribution in [0.3, 0.4) is 0 Å². The zero-order valence-corrected chi connectivity index (χ0v) is 17.1. The standard InChI is InChI=1S/C22H16F2N2O4S/c1-13-25-16(12-31-13)11-28-17-6-2-14(3-7-17)10-19-21(27)30-20(26-19)15-4-8-18(9-5-15)29-22(23)24/h2-10,12,22H,11H2,1H3/b19-10-. The number of cyclic esters (lactones) is 1. The molecule has 2 aromatic carbocycles. The van der Waals surface area contributed by atoms with Gasteiger partial charge < -0.3 is 14.2 Å². The molecule has 1 aliphatic rings. The second-order valence-corrected chi connectivity index (χ2v) is 7.52. The number of aliphatic imine (C=N–C) groups is 1. The molecule has 0 bridgehead atoms. The van der Waals surface area contributed by atoms with Gasteiger partial charge in [0.05, 0.1) is 10.7 Å². The van der Waals surface area contributed by atoms with Crippen LogP contribution in [-0.4, -0.2) is 23.5 Å². The SMILES string of the molecule is Cc1nc(COc2ccc(/C=C3\N=C(c4ccc(OC(F)F)cc4)OC3=O)cc2)cs1. The molecule has 1 aliphatic heterocycles. The van der Waals surface area contributed by atoms with Crippen molar-refractivity contribution in [2.45, 2.75) is 20.1 Å². The van der Waals surface area contributed by atoms with Gasteiger partial charge in [-0.1, -0.05) is 12.1 Å². The lowest BCUT2D eigenvalue weighted by Gasteiger charge is -2.04. The summed E-state index contributed by atoms with van der Waals surface area (Å²) >= 11 is 1.57. The quantitative estimate of drug-likeness (QED) is 0.381. The number of esters is 1. The van der Waals surface area contributed by atoms with Gasteiger partial charge in [0.2, 0.25) is 5.90 Å². The van der Waals surface area contributed by atoms with Crippen molar-refractivity contribution >= 4 is 29.3 Å². The number of carbonyl (C=O) groups excluding carboxylic acids is 1. The van der Waals surface area contributed by atoms with Gasteiger partial charge in [0, 0.05) is 10.9 Å². The van der Waals surface area contributed by atoms with Gasteiger partial charge in [-0.3, -0.25) is 0 Å². The number of alkyl halides is 2. The number of aromatic nitrogens is 1. The summed E-state index contributed by atoms with van der Waals surface area (Å²) in [4.78, 5) is 20.7. The van der Waals surface area contributed by atoms with Crippen LogP contribution in [-0.2, 0) is 16.1 Å². The van der Waals surface area contributed by atoms with E-state index < -0.39 is 12.6 Å². The van der Waals surface area contributed by atoms with Crippen molar-refractivity contribution in [1.82, 2.24) is 4.98 Å². The molecule has 0 N–H and O–H groups in total. The number of thiazole rings is 1. The molecule has 31 heavy (non-hydrogen) atoms. The third-order valence-electron chi connectivity index (χ3n) is 4.18. The number of halogens is 2. The summed E-state index contributed by atoms with van der Waals surface area (Å²) in [5.41, 5.74) is 2.22. The summed E-state index contributed by atoms with van der Waals surface area (Å²) < 4.78 is 39.7. The predicted octanol–water partition coefficient (Wildman–Crippen LogP) is 4.98. The molecule has 0 radical (unpaired) electrons. The van der Waals surface area contributed by atoms with E-state index in [1.54, 1.807) is 41.7 Å². The van der Waals surface area contributed by atoms with E-state index >= 15 is 0 Å². The highest BCUT2D eigenvalue weighted by atomic mass is 32.1. The van der Waals surface area contributed by atoms with Crippen LogP contribution in [0.15, 0.2) is 64.6 Å². The molecule has 0 fully saturated rings. The van der Waals surface area contributed by atoms with Crippen LogP contribution in [0.25, 0.3) is 6.08 Å². The number of hydrogen-bond donors (Lipinski definition) is 0. The number of benzene rings is 2. The van der Waals surface area contributed by atoms with Gasteiger partial charge >= 0.3 is 12.6 Å². The van der Waals surface area contributed by atoms with Gasteiger partial charge in [0.1, 0.15) is 18.1 Å². The largest absolute Gasteiger partial charge is 0.487 e. The molecule has 0 amide bonds. The topological polar surface area (TPSA) is 70.0 Å². The Bertz CT molecular complexity index is 1140. The van der Waals surface area contributed by atoms with Crippen molar-refractivity contribution in [2.24, 2.45) is 4.99 Å². The maximum absolute atomic E-state index is 12.2. The average Bonchev–Trinajstić information content (AvgIpc) is 3.33. The molecule has 0 atom stereocenters. The molecular weight excluding hydrogens is 426 g/mol. The maximum Gasteiger partial charge on any atom is 0.387 e. The van der Waals surface area contributed by atoms with Crippen molar-refractivity contribution in [3.63, 3.8) is 0 Å². The first kappa shape index (κ1) is 20.7. The lowest BCUT2D eigenvalue weighted by Crippen LogP contribution is -2.06. The number of nitrogens with zero attached hydrogens (tertiary/aromatic N) is 2. The number of rotatable bonds is 7. The van der Waals surface area contributed by atoms with E-state index in [4.69, 9.17) is 9.47 Å². The fourth-order valence-corrected chi connectivity index (χ4v) is 3.36. The summed E-state index contributed by atoms with van der Waals surface area (Å²) in [5.74, 6) is 0.184. The number of carbonyl (C=O) groups is 1. The molecule has 3 aromatic rings. The number of aryl methyl sites for hydroxylation is 1. The van der Waals surface area contributed by atoms with Crippen LogP contribution in [0.2, 0.25) is 0 Å². The maximum atomic E-state index is 12.2. The Hall–Kier alpha value is -3.59. The van der Waals surface area contributed by atoms with Crippen molar-refractivity contribution in [2.75, 3.05) is 0 Å². The van der Waals surface area contributed by atoms with Crippen LogP contribution in [0.5, 0.6) is 11.5 Å². The molecular formula is C22H16F2N2O4S. The molecule has 158 valence electrons. The third-order valence-corrected chi connectivity index (χ3v) is 5.01. The summed E-state index contributed by atoms with van der Waals surface area (Å²) in [5, 5.41) is 2.94. The van der Waals surface area contributed by atoms with Crippen molar-refractivity contribution in [3.05, 3.63) is 81.4 Å². The van der Waals surface area contributed by atoms with Crippen LogP contribution >= 0.6 is 11.3 Å². The Morgan fingerprint density at radius 3 is 2.45 bits per heavy atom. The van der Waals surface area contributed by atoms with Crippen LogP contribution in [0.4, 0.5) is 8.78 Å². The Balaban J connectivity index is 1.43. The highest BCUT2D eigenvalue weighted by Crippen LogP contribution is 2.23. The fourth-order valence-electron chi connectivity index (χ4n) is 2.76. The minimum Gasteiger partial charge on any atom is -0.487 e. The summed E-state index contributed by atoms with van der Waals surface area (Å²) in [6, 6.07) is 12.9. The minimum atomic E-state index is -2.91. The first-order chi connectivity index (χ1) is 15.0. The Morgan fingerprint density at radius 2 is 1.81 bits per heavy atom. The Labute approximate surface area is 180 Å². The third kappa shape index (κ3) is 5.32. The van der Waals surface area contributed by atoms with E-state index in [1.165, 1.54) is 24.3 Å². The first-order valence-electron chi connectivity index (χ1n) is 9.18. The normalized spacial score (nSPS) is 14.6. The molecule has 2 heterocycles. The van der Waals surface area contributed by atoms with Crippen molar-refractivity contribution in [1.29, 1.82) is 0 Å². The molecule has 6 nitrogen and oxygen atoms in total. The molecule has 0 saturated heterocycles. The lowest BCUT2D eigenvalue weighted by molar-refractivity contribution is -0.129. The summed E-state index contributed by atoms with van der Waals surface area (Å²) in [6.07, 6.45) is 1.59. The summed E-state index contributed by atoms with van der Waals surface area (Å²) in [6.45, 7) is -0.586. The van der Waals surface area contributed by atoms with Gasteiger partial charge in [0.25, 0.3) is 0 Å². The molecule has 0 aliphatic carbocycles. The molecule has 0 spiro atoms. The highest BCUT2D eigenvalue weighted by Gasteiger charge is 2.24. The first-order valence-corrected chi connectivity index (χ1v) is 10.1. The van der Waals surface area contributed by atoms with Crippen LogP contribution < -0.4 is 9.47 Å². The fraction of sp³-hybridized carbons (Fsp3) is 0.136. The van der Waals surface area contributed by atoms with Crippen molar-refractivity contribution < 1.29 is 27.8 Å². The second-order valence-electron chi connectivity index (χ2n) is 6.45. The molecule has 0 saturated carbocycles. The Morgan fingerprint density at radius 1 is 1.10 bits per heavy atom. The predicted molar refractivity (Wildman–Crippen MR) is 111 cm³/mol. The minimum absolute atomic E-state index is 0.00617. The zero-order chi connectivity index (χ0) is 21.8. The molecule has 4 rings (SSSR count).